The normalized spacial score (nSPS) is 20.8. The molecule has 4 nitrogen and oxygen atoms in total. The molecule has 0 radical (unpaired) electrons. The number of sulfonamides is 1. The van der Waals surface area contributed by atoms with Gasteiger partial charge in [0.15, 0.2) is 0 Å². The number of hydrazine groups is 1. The van der Waals surface area contributed by atoms with Crippen molar-refractivity contribution in [3.8, 4) is 0 Å². The Hall–Kier alpha value is -0.130. The van der Waals surface area contributed by atoms with E-state index in [-0.39, 0.29) is 5.75 Å². The van der Waals surface area contributed by atoms with Gasteiger partial charge in [0.25, 0.3) is 0 Å². The van der Waals surface area contributed by atoms with Crippen molar-refractivity contribution >= 4 is 10.0 Å². The van der Waals surface area contributed by atoms with E-state index in [4.69, 9.17) is 0 Å². The summed E-state index contributed by atoms with van der Waals surface area (Å²) in [6.45, 7) is 3.33. The van der Waals surface area contributed by atoms with Gasteiger partial charge in [0.2, 0.25) is 10.0 Å². The second-order valence-electron chi connectivity index (χ2n) is 2.69. The predicted octanol–water partition coefficient (Wildman–Crippen LogP) is -0.0635. The van der Waals surface area contributed by atoms with Crippen LogP contribution in [0.3, 0.4) is 0 Å². The van der Waals surface area contributed by atoms with Gasteiger partial charge in [0, 0.05) is 13.1 Å². The molecule has 0 aromatic carbocycles. The lowest BCUT2D eigenvalue weighted by Gasteiger charge is -2.14. The van der Waals surface area contributed by atoms with Crippen LogP contribution in [0.1, 0.15) is 19.8 Å². The molecule has 0 bridgehead atoms. The van der Waals surface area contributed by atoms with Gasteiger partial charge in [0.1, 0.15) is 0 Å². The lowest BCUT2D eigenvalue weighted by molar-refractivity contribution is 0.300. The standard InChI is InChI=1S/C6H14N2O2S/c1-2-11(9,10)7-8-5-3-4-6-8/h7H,2-6H2,1H3. The van der Waals surface area contributed by atoms with Crippen LogP contribution < -0.4 is 4.83 Å². The fraction of sp³-hybridized carbons (Fsp3) is 1.00. The highest BCUT2D eigenvalue weighted by Crippen LogP contribution is 2.04. The van der Waals surface area contributed by atoms with Crippen molar-refractivity contribution in [3.63, 3.8) is 0 Å². The Kier molecular flexibility index (Phi) is 2.86. The van der Waals surface area contributed by atoms with E-state index in [9.17, 15) is 8.42 Å². The maximum absolute atomic E-state index is 11.0. The van der Waals surface area contributed by atoms with E-state index in [1.807, 2.05) is 0 Å². The molecule has 1 N–H and O–H groups in total. The first-order valence-corrected chi connectivity index (χ1v) is 5.54. The molecule has 1 aliphatic heterocycles. The van der Waals surface area contributed by atoms with Gasteiger partial charge in [-0.15, -0.1) is 4.83 Å². The van der Waals surface area contributed by atoms with Crippen LogP contribution in [0.5, 0.6) is 0 Å². The van der Waals surface area contributed by atoms with Gasteiger partial charge in [-0.2, -0.15) is 0 Å². The highest BCUT2D eigenvalue weighted by molar-refractivity contribution is 7.89. The zero-order valence-corrected chi connectivity index (χ0v) is 7.52. The quantitative estimate of drug-likeness (QED) is 0.658. The van der Waals surface area contributed by atoms with Crippen molar-refractivity contribution < 1.29 is 8.42 Å². The SMILES string of the molecule is CCS(=O)(=O)NN1CCCC1. The monoisotopic (exact) mass is 178 g/mol. The van der Waals surface area contributed by atoms with E-state index in [0.717, 1.165) is 25.9 Å². The second-order valence-corrected chi connectivity index (χ2v) is 4.68. The molecule has 0 amide bonds. The molecular weight excluding hydrogens is 164 g/mol. The number of nitrogens with one attached hydrogen (secondary N) is 1. The van der Waals surface area contributed by atoms with Crippen molar-refractivity contribution in [3.05, 3.63) is 0 Å². The molecule has 0 aliphatic carbocycles. The van der Waals surface area contributed by atoms with Crippen LogP contribution in [-0.4, -0.2) is 32.3 Å². The highest BCUT2D eigenvalue weighted by atomic mass is 32.2. The zero-order chi connectivity index (χ0) is 8.32. The Bertz CT molecular complexity index is 207. The highest BCUT2D eigenvalue weighted by Gasteiger charge is 2.16. The van der Waals surface area contributed by atoms with Crippen molar-refractivity contribution in [2.45, 2.75) is 19.8 Å². The minimum atomic E-state index is -3.03. The molecule has 0 saturated carbocycles. The van der Waals surface area contributed by atoms with Crippen LogP contribution in [0.4, 0.5) is 0 Å². The fourth-order valence-corrected chi connectivity index (χ4v) is 1.77. The smallest absolute Gasteiger partial charge is 0.224 e. The van der Waals surface area contributed by atoms with Gasteiger partial charge >= 0.3 is 0 Å². The minimum absolute atomic E-state index is 0.156. The molecule has 1 heterocycles. The summed E-state index contributed by atoms with van der Waals surface area (Å²) in [4.78, 5) is 2.51. The van der Waals surface area contributed by atoms with Crippen LogP contribution in [0.25, 0.3) is 0 Å². The van der Waals surface area contributed by atoms with Gasteiger partial charge in [0.05, 0.1) is 5.75 Å². The van der Waals surface area contributed by atoms with Crippen LogP contribution in [0.2, 0.25) is 0 Å². The molecule has 66 valence electrons. The maximum Gasteiger partial charge on any atom is 0.224 e. The fourth-order valence-electron chi connectivity index (χ4n) is 1.07. The van der Waals surface area contributed by atoms with Crippen LogP contribution in [0, 0.1) is 0 Å². The number of hydrogen-bond donors (Lipinski definition) is 1. The lowest BCUT2D eigenvalue weighted by Crippen LogP contribution is -2.40. The lowest BCUT2D eigenvalue weighted by atomic mass is 10.4. The minimum Gasteiger partial charge on any atom is -0.231 e. The number of hydrogen-bond acceptors (Lipinski definition) is 3. The van der Waals surface area contributed by atoms with E-state index >= 15 is 0 Å². The Labute approximate surface area is 67.6 Å². The molecule has 0 unspecified atom stereocenters. The van der Waals surface area contributed by atoms with E-state index in [2.05, 4.69) is 4.83 Å². The molecule has 0 atom stereocenters. The Morgan fingerprint density at radius 2 is 1.91 bits per heavy atom. The molecule has 0 spiro atoms. The molecule has 0 aromatic rings. The summed E-state index contributed by atoms with van der Waals surface area (Å²) < 4.78 is 22.0. The third kappa shape index (κ3) is 2.76. The first kappa shape index (κ1) is 8.96. The molecule has 5 heteroatoms. The van der Waals surface area contributed by atoms with Gasteiger partial charge in [-0.1, -0.05) is 0 Å². The zero-order valence-electron chi connectivity index (χ0n) is 6.71. The van der Waals surface area contributed by atoms with Gasteiger partial charge in [-0.05, 0) is 19.8 Å². The Morgan fingerprint density at radius 3 is 2.36 bits per heavy atom. The molecule has 11 heavy (non-hydrogen) atoms. The van der Waals surface area contributed by atoms with Crippen molar-refractivity contribution in [1.82, 2.24) is 9.84 Å². The first-order chi connectivity index (χ1) is 5.14. The Morgan fingerprint density at radius 1 is 1.36 bits per heavy atom. The third-order valence-electron chi connectivity index (χ3n) is 1.75. The summed E-state index contributed by atoms with van der Waals surface area (Å²) in [5.74, 6) is 0.156. The predicted molar refractivity (Wildman–Crippen MR) is 43.4 cm³/mol. The van der Waals surface area contributed by atoms with E-state index < -0.39 is 10.0 Å². The van der Waals surface area contributed by atoms with Crippen molar-refractivity contribution in [1.29, 1.82) is 0 Å². The summed E-state index contributed by atoms with van der Waals surface area (Å²) in [5.41, 5.74) is 0. The van der Waals surface area contributed by atoms with Crippen molar-refractivity contribution in [2.24, 2.45) is 0 Å². The second kappa shape index (κ2) is 3.51. The number of rotatable bonds is 3. The average molecular weight is 178 g/mol. The molecular formula is C6H14N2O2S. The topological polar surface area (TPSA) is 49.4 Å². The van der Waals surface area contributed by atoms with Crippen LogP contribution in [0.15, 0.2) is 0 Å². The summed E-state index contributed by atoms with van der Waals surface area (Å²) in [6.07, 6.45) is 2.18. The summed E-state index contributed by atoms with van der Waals surface area (Å²) in [5, 5.41) is 1.76. The van der Waals surface area contributed by atoms with Crippen molar-refractivity contribution in [2.75, 3.05) is 18.8 Å². The van der Waals surface area contributed by atoms with Gasteiger partial charge < -0.3 is 0 Å². The Balaban J connectivity index is 2.41. The molecule has 1 aliphatic rings. The van der Waals surface area contributed by atoms with Gasteiger partial charge in [-0.25, -0.2) is 13.4 Å². The first-order valence-electron chi connectivity index (χ1n) is 3.89. The summed E-state index contributed by atoms with van der Waals surface area (Å²) >= 11 is 0. The van der Waals surface area contributed by atoms with E-state index in [1.165, 1.54) is 0 Å². The largest absolute Gasteiger partial charge is 0.231 e. The molecule has 1 rings (SSSR count). The van der Waals surface area contributed by atoms with Crippen LogP contribution in [-0.2, 0) is 10.0 Å². The summed E-state index contributed by atoms with van der Waals surface area (Å²) in [6, 6.07) is 0. The van der Waals surface area contributed by atoms with Gasteiger partial charge in [-0.3, -0.25) is 0 Å². The van der Waals surface area contributed by atoms with E-state index in [0.29, 0.717) is 0 Å². The summed E-state index contributed by atoms with van der Waals surface area (Å²) in [7, 11) is -3.03. The molecule has 0 aromatic heterocycles. The maximum atomic E-state index is 11.0. The average Bonchev–Trinajstić information content (AvgIpc) is 2.39. The third-order valence-corrected chi connectivity index (χ3v) is 3.05. The molecule has 1 fully saturated rings. The molecule has 1 saturated heterocycles. The van der Waals surface area contributed by atoms with Crippen LogP contribution >= 0.6 is 0 Å². The van der Waals surface area contributed by atoms with E-state index in [1.54, 1.807) is 11.9 Å². The number of nitrogens with zero attached hydrogens (tertiary/aromatic N) is 1.